The lowest BCUT2D eigenvalue weighted by molar-refractivity contribution is 0.102. The number of hydrogen-bond acceptors (Lipinski definition) is 4. The summed E-state index contributed by atoms with van der Waals surface area (Å²) in [5.74, 6) is -0.566. The number of hydrogen-bond donors (Lipinski definition) is 2. The van der Waals surface area contributed by atoms with E-state index in [4.69, 9.17) is 4.74 Å². The quantitative estimate of drug-likeness (QED) is 0.577. The highest BCUT2D eigenvalue weighted by Crippen LogP contribution is 2.23. The van der Waals surface area contributed by atoms with Crippen LogP contribution in [0.3, 0.4) is 0 Å². The molecule has 3 rings (SSSR count). The van der Waals surface area contributed by atoms with Gasteiger partial charge in [-0.2, -0.15) is 0 Å². The number of carbonyl (C=O) groups is 1. The van der Waals surface area contributed by atoms with Gasteiger partial charge in [-0.25, -0.2) is 12.8 Å². The van der Waals surface area contributed by atoms with E-state index in [0.717, 1.165) is 0 Å². The summed E-state index contributed by atoms with van der Waals surface area (Å²) in [5.41, 5.74) is 0.936. The molecule has 0 fully saturated rings. The Balaban J connectivity index is 1.84. The molecule has 0 saturated heterocycles. The van der Waals surface area contributed by atoms with Crippen molar-refractivity contribution < 1.29 is 22.3 Å². The van der Waals surface area contributed by atoms with Gasteiger partial charge in [0.05, 0.1) is 17.2 Å². The van der Waals surface area contributed by atoms with Crippen molar-refractivity contribution in [2.75, 3.05) is 16.6 Å². The van der Waals surface area contributed by atoms with Crippen molar-refractivity contribution in [3.05, 3.63) is 83.7 Å². The van der Waals surface area contributed by atoms with Crippen LogP contribution in [0.1, 0.15) is 22.8 Å². The first-order valence-corrected chi connectivity index (χ1v) is 10.7. The largest absolute Gasteiger partial charge is 0.494 e. The van der Waals surface area contributed by atoms with E-state index >= 15 is 0 Å². The number of carbonyl (C=O) groups excluding carboxylic acids is 1. The molecule has 8 heteroatoms. The van der Waals surface area contributed by atoms with Crippen LogP contribution in [-0.2, 0) is 10.0 Å². The number of ether oxygens (including phenoxy) is 1. The summed E-state index contributed by atoms with van der Waals surface area (Å²) >= 11 is 0. The number of para-hydroxylation sites is 1. The highest BCUT2D eigenvalue weighted by Gasteiger charge is 2.20. The topological polar surface area (TPSA) is 84.5 Å². The van der Waals surface area contributed by atoms with E-state index < -0.39 is 21.7 Å². The van der Waals surface area contributed by atoms with Crippen molar-refractivity contribution >= 4 is 27.3 Å². The molecule has 3 aromatic carbocycles. The SMILES string of the molecule is CCOc1ccc(NS(=O)(=O)c2cc(C(=O)Nc3ccccc3F)ccc2C)cc1. The van der Waals surface area contributed by atoms with E-state index in [1.807, 2.05) is 6.92 Å². The van der Waals surface area contributed by atoms with Gasteiger partial charge < -0.3 is 10.1 Å². The third-order valence-corrected chi connectivity index (χ3v) is 5.80. The van der Waals surface area contributed by atoms with Crippen molar-refractivity contribution in [2.24, 2.45) is 0 Å². The Hall–Kier alpha value is -3.39. The average Bonchev–Trinajstić information content (AvgIpc) is 2.71. The van der Waals surface area contributed by atoms with Crippen LogP contribution in [0.25, 0.3) is 0 Å². The van der Waals surface area contributed by atoms with Gasteiger partial charge in [0.2, 0.25) is 0 Å². The molecular formula is C22H21FN2O4S. The van der Waals surface area contributed by atoms with E-state index in [1.54, 1.807) is 37.3 Å². The van der Waals surface area contributed by atoms with Crippen LogP contribution >= 0.6 is 0 Å². The van der Waals surface area contributed by atoms with E-state index in [0.29, 0.717) is 23.6 Å². The molecule has 3 aromatic rings. The molecule has 0 radical (unpaired) electrons. The molecule has 0 atom stereocenters. The highest BCUT2D eigenvalue weighted by atomic mass is 32.2. The number of amides is 1. The number of halogens is 1. The Morgan fingerprint density at radius 3 is 2.40 bits per heavy atom. The van der Waals surface area contributed by atoms with Crippen LogP contribution in [0, 0.1) is 12.7 Å². The molecule has 156 valence electrons. The van der Waals surface area contributed by atoms with Gasteiger partial charge in [0, 0.05) is 11.3 Å². The third kappa shape index (κ3) is 4.96. The van der Waals surface area contributed by atoms with Crippen molar-refractivity contribution in [3.63, 3.8) is 0 Å². The van der Waals surface area contributed by atoms with Crippen molar-refractivity contribution in [3.8, 4) is 5.75 Å². The lowest BCUT2D eigenvalue weighted by atomic mass is 10.1. The fourth-order valence-corrected chi connectivity index (χ4v) is 4.11. The maximum Gasteiger partial charge on any atom is 0.262 e. The number of rotatable bonds is 7. The van der Waals surface area contributed by atoms with Crippen LogP contribution in [0.5, 0.6) is 5.75 Å². The summed E-state index contributed by atoms with van der Waals surface area (Å²) in [5, 5.41) is 2.45. The number of aryl methyl sites for hydroxylation is 1. The summed E-state index contributed by atoms with van der Waals surface area (Å²) < 4.78 is 47.4. The maximum absolute atomic E-state index is 13.8. The molecule has 1 amide bonds. The molecule has 0 saturated carbocycles. The van der Waals surface area contributed by atoms with Crippen LogP contribution in [-0.4, -0.2) is 20.9 Å². The summed E-state index contributed by atoms with van der Waals surface area (Å²) in [6, 6.07) is 16.5. The van der Waals surface area contributed by atoms with E-state index in [9.17, 15) is 17.6 Å². The molecule has 0 unspecified atom stereocenters. The zero-order valence-electron chi connectivity index (χ0n) is 16.5. The first-order chi connectivity index (χ1) is 14.3. The van der Waals surface area contributed by atoms with Crippen LogP contribution < -0.4 is 14.8 Å². The first kappa shape index (κ1) is 21.3. The minimum Gasteiger partial charge on any atom is -0.494 e. The van der Waals surface area contributed by atoms with Crippen molar-refractivity contribution in [1.82, 2.24) is 0 Å². The molecule has 30 heavy (non-hydrogen) atoms. The zero-order chi connectivity index (χ0) is 21.7. The maximum atomic E-state index is 13.8. The van der Waals surface area contributed by atoms with Crippen LogP contribution in [0.2, 0.25) is 0 Å². The Bertz CT molecular complexity index is 1160. The summed E-state index contributed by atoms with van der Waals surface area (Å²) in [7, 11) is -3.95. The minimum absolute atomic E-state index is 0.0139. The fraction of sp³-hybridized carbons (Fsp3) is 0.136. The normalized spacial score (nSPS) is 11.0. The number of nitrogens with one attached hydrogen (secondary N) is 2. The molecule has 0 spiro atoms. The Kier molecular flexibility index (Phi) is 6.37. The van der Waals surface area contributed by atoms with E-state index in [1.165, 1.54) is 36.4 Å². The molecule has 0 aliphatic rings. The number of benzene rings is 3. The molecule has 0 bridgehead atoms. The Morgan fingerprint density at radius 2 is 1.73 bits per heavy atom. The van der Waals surface area contributed by atoms with Gasteiger partial charge in [-0.1, -0.05) is 18.2 Å². The second kappa shape index (κ2) is 8.96. The molecular weight excluding hydrogens is 407 g/mol. The van der Waals surface area contributed by atoms with Gasteiger partial charge >= 0.3 is 0 Å². The van der Waals surface area contributed by atoms with Gasteiger partial charge in [0.15, 0.2) is 0 Å². The number of sulfonamides is 1. The average molecular weight is 428 g/mol. The van der Waals surface area contributed by atoms with Gasteiger partial charge in [0.1, 0.15) is 11.6 Å². The lowest BCUT2D eigenvalue weighted by Crippen LogP contribution is -2.17. The second-order valence-corrected chi connectivity index (χ2v) is 8.13. The molecule has 0 heterocycles. The Labute approximate surface area is 174 Å². The molecule has 0 aliphatic carbocycles. The monoisotopic (exact) mass is 428 g/mol. The van der Waals surface area contributed by atoms with Crippen molar-refractivity contribution in [1.29, 1.82) is 0 Å². The van der Waals surface area contributed by atoms with E-state index in [2.05, 4.69) is 10.0 Å². The molecule has 0 aromatic heterocycles. The Morgan fingerprint density at radius 1 is 1.03 bits per heavy atom. The van der Waals surface area contributed by atoms with Gasteiger partial charge in [-0.15, -0.1) is 0 Å². The standard InChI is InChI=1S/C22H21FN2O4S/c1-3-29-18-12-10-17(11-13-18)25-30(27,28)21-14-16(9-8-15(21)2)22(26)24-20-7-5-4-6-19(20)23/h4-14,25H,3H2,1-2H3,(H,24,26). The lowest BCUT2D eigenvalue weighted by Gasteiger charge is -2.13. The van der Waals surface area contributed by atoms with E-state index in [-0.39, 0.29) is 16.1 Å². The van der Waals surface area contributed by atoms with Gasteiger partial charge in [-0.05, 0) is 67.9 Å². The fourth-order valence-electron chi connectivity index (χ4n) is 2.78. The van der Waals surface area contributed by atoms with Gasteiger partial charge in [0.25, 0.3) is 15.9 Å². The molecule has 2 N–H and O–H groups in total. The molecule has 0 aliphatic heterocycles. The third-order valence-electron chi connectivity index (χ3n) is 4.28. The molecule has 6 nitrogen and oxygen atoms in total. The smallest absolute Gasteiger partial charge is 0.262 e. The first-order valence-electron chi connectivity index (χ1n) is 9.22. The second-order valence-electron chi connectivity index (χ2n) is 6.48. The van der Waals surface area contributed by atoms with Gasteiger partial charge in [-0.3, -0.25) is 9.52 Å². The highest BCUT2D eigenvalue weighted by molar-refractivity contribution is 7.92. The summed E-state index contributed by atoms with van der Waals surface area (Å²) in [4.78, 5) is 12.5. The van der Waals surface area contributed by atoms with Crippen molar-refractivity contribution in [2.45, 2.75) is 18.7 Å². The summed E-state index contributed by atoms with van der Waals surface area (Å²) in [6.45, 7) is 3.99. The van der Waals surface area contributed by atoms with Crippen LogP contribution in [0.15, 0.2) is 71.6 Å². The predicted octanol–water partition coefficient (Wildman–Crippen LogP) is 4.59. The van der Waals surface area contributed by atoms with Crippen LogP contribution in [0.4, 0.5) is 15.8 Å². The predicted molar refractivity (Wildman–Crippen MR) is 114 cm³/mol. The summed E-state index contributed by atoms with van der Waals surface area (Å²) in [6.07, 6.45) is 0. The number of anilines is 2. The minimum atomic E-state index is -3.95. The zero-order valence-corrected chi connectivity index (χ0v) is 17.3.